The molecule has 0 bridgehead atoms. The van der Waals surface area contributed by atoms with Gasteiger partial charge in [0.25, 0.3) is 0 Å². The fraction of sp³-hybridized carbons (Fsp3) is 0. The lowest BCUT2D eigenvalue weighted by atomic mass is 10.4. The number of aromatic carboxylic acids is 1. The smallest absolute Gasteiger partial charge is 0.356 e. The fourth-order valence-electron chi connectivity index (χ4n) is 1.68. The molecule has 0 atom stereocenters. The molecule has 0 aliphatic heterocycles. The Kier molecular flexibility index (Phi) is 1.94. The van der Waals surface area contributed by atoms with Crippen LogP contribution in [0, 0.1) is 0 Å². The first-order chi connectivity index (χ1) is 8.27. The van der Waals surface area contributed by atoms with E-state index in [0.29, 0.717) is 17.1 Å². The monoisotopic (exact) mass is 229 g/mol. The van der Waals surface area contributed by atoms with Crippen LogP contribution >= 0.6 is 0 Å². The van der Waals surface area contributed by atoms with E-state index in [-0.39, 0.29) is 5.69 Å². The van der Waals surface area contributed by atoms with Crippen molar-refractivity contribution in [2.24, 2.45) is 0 Å². The number of carboxylic acids is 1. The summed E-state index contributed by atoms with van der Waals surface area (Å²) in [6.07, 6.45) is 4.54. The predicted molar refractivity (Wildman–Crippen MR) is 57.6 cm³/mol. The maximum absolute atomic E-state index is 11.1. The summed E-state index contributed by atoms with van der Waals surface area (Å²) in [4.78, 5) is 19.1. The molecule has 0 aliphatic carbocycles. The van der Waals surface area contributed by atoms with Crippen LogP contribution in [0.2, 0.25) is 0 Å². The Morgan fingerprint density at radius 3 is 3.00 bits per heavy atom. The fourth-order valence-corrected chi connectivity index (χ4v) is 1.68. The second kappa shape index (κ2) is 3.44. The highest BCUT2D eigenvalue weighted by Crippen LogP contribution is 2.22. The third-order valence-electron chi connectivity index (χ3n) is 2.39. The van der Waals surface area contributed by atoms with Crippen LogP contribution in [0.5, 0.6) is 0 Å². The van der Waals surface area contributed by atoms with Crippen LogP contribution in [-0.4, -0.2) is 25.4 Å². The largest absolute Gasteiger partial charge is 0.476 e. The topological polar surface area (TPSA) is 80.6 Å². The van der Waals surface area contributed by atoms with Crippen LogP contribution in [0.15, 0.2) is 41.4 Å². The van der Waals surface area contributed by atoms with Gasteiger partial charge in [-0.05, 0) is 18.2 Å². The highest BCUT2D eigenvalue weighted by Gasteiger charge is 2.18. The van der Waals surface area contributed by atoms with Crippen molar-refractivity contribution in [2.75, 3.05) is 0 Å². The summed E-state index contributed by atoms with van der Waals surface area (Å²) in [7, 11) is 0. The molecule has 0 fully saturated rings. The highest BCUT2D eigenvalue weighted by atomic mass is 16.4. The van der Waals surface area contributed by atoms with Gasteiger partial charge in [-0.2, -0.15) is 0 Å². The second-order valence-electron chi connectivity index (χ2n) is 3.40. The minimum Gasteiger partial charge on any atom is -0.476 e. The quantitative estimate of drug-likeness (QED) is 0.723. The summed E-state index contributed by atoms with van der Waals surface area (Å²) in [5.41, 5.74) is 0.470. The van der Waals surface area contributed by atoms with Gasteiger partial charge in [-0.1, -0.05) is 0 Å². The summed E-state index contributed by atoms with van der Waals surface area (Å²) in [6, 6.07) is 5.03. The molecule has 0 aromatic carbocycles. The van der Waals surface area contributed by atoms with Crippen LogP contribution in [0.1, 0.15) is 10.5 Å². The van der Waals surface area contributed by atoms with E-state index in [1.165, 1.54) is 18.8 Å². The van der Waals surface area contributed by atoms with Gasteiger partial charge in [-0.3, -0.25) is 4.40 Å². The zero-order valence-corrected chi connectivity index (χ0v) is 8.57. The van der Waals surface area contributed by atoms with Crippen LogP contribution in [0.3, 0.4) is 0 Å². The summed E-state index contributed by atoms with van der Waals surface area (Å²) in [6.45, 7) is 0. The van der Waals surface area contributed by atoms with E-state index in [0.717, 1.165) is 0 Å². The molecule has 0 saturated carbocycles. The summed E-state index contributed by atoms with van der Waals surface area (Å²) in [5, 5.41) is 9.07. The lowest BCUT2D eigenvalue weighted by Crippen LogP contribution is -1.97. The first kappa shape index (κ1) is 9.59. The third-order valence-corrected chi connectivity index (χ3v) is 2.39. The lowest BCUT2D eigenvalue weighted by molar-refractivity contribution is 0.0693. The van der Waals surface area contributed by atoms with Gasteiger partial charge in [-0.15, -0.1) is 0 Å². The van der Waals surface area contributed by atoms with E-state index in [9.17, 15) is 4.79 Å². The number of hydrogen-bond acceptors (Lipinski definition) is 4. The van der Waals surface area contributed by atoms with E-state index in [1.54, 1.807) is 22.6 Å². The number of imidazole rings is 1. The van der Waals surface area contributed by atoms with Crippen molar-refractivity contribution in [2.45, 2.75) is 0 Å². The number of rotatable bonds is 2. The maximum Gasteiger partial charge on any atom is 0.356 e. The Morgan fingerprint density at radius 2 is 2.29 bits per heavy atom. The number of carbonyl (C=O) groups is 1. The van der Waals surface area contributed by atoms with Crippen molar-refractivity contribution in [3.8, 4) is 11.6 Å². The van der Waals surface area contributed by atoms with E-state index in [4.69, 9.17) is 9.52 Å². The lowest BCUT2D eigenvalue weighted by Gasteiger charge is -1.95. The second-order valence-corrected chi connectivity index (χ2v) is 3.40. The van der Waals surface area contributed by atoms with Gasteiger partial charge < -0.3 is 9.52 Å². The normalized spacial score (nSPS) is 10.8. The van der Waals surface area contributed by atoms with E-state index < -0.39 is 5.97 Å². The number of hydrogen-bond donors (Lipinski definition) is 1. The summed E-state index contributed by atoms with van der Waals surface area (Å²) in [5.74, 6) is -0.150. The Balaban J connectivity index is 2.37. The van der Waals surface area contributed by atoms with Crippen molar-refractivity contribution >= 4 is 11.5 Å². The molecule has 1 N–H and O–H groups in total. The molecule has 6 heteroatoms. The molecule has 3 rings (SSSR count). The van der Waals surface area contributed by atoms with Crippen molar-refractivity contribution in [3.05, 3.63) is 42.7 Å². The van der Waals surface area contributed by atoms with Gasteiger partial charge >= 0.3 is 5.97 Å². The molecule has 3 heterocycles. The van der Waals surface area contributed by atoms with E-state index in [1.807, 2.05) is 0 Å². The van der Waals surface area contributed by atoms with Gasteiger partial charge in [0.1, 0.15) is 6.33 Å². The van der Waals surface area contributed by atoms with Crippen LogP contribution in [0.4, 0.5) is 0 Å². The molecule has 6 nitrogen and oxygen atoms in total. The molecule has 17 heavy (non-hydrogen) atoms. The summed E-state index contributed by atoms with van der Waals surface area (Å²) >= 11 is 0. The average molecular weight is 229 g/mol. The SMILES string of the molecule is O=C(O)c1nc(-c2ccco2)n2cnccc12. The van der Waals surface area contributed by atoms with Gasteiger partial charge in [0.05, 0.1) is 11.8 Å². The van der Waals surface area contributed by atoms with Crippen LogP contribution < -0.4 is 0 Å². The van der Waals surface area contributed by atoms with Crippen LogP contribution in [0.25, 0.3) is 17.1 Å². The third kappa shape index (κ3) is 1.38. The molecule has 0 unspecified atom stereocenters. The molecular weight excluding hydrogens is 222 g/mol. The van der Waals surface area contributed by atoms with Crippen molar-refractivity contribution in [3.63, 3.8) is 0 Å². The first-order valence-electron chi connectivity index (χ1n) is 4.86. The standard InChI is InChI=1S/C11H7N3O3/c15-11(16)9-7-3-4-12-6-14(7)10(13-9)8-2-1-5-17-8/h1-6H,(H,15,16). The zero-order valence-electron chi connectivity index (χ0n) is 8.57. The van der Waals surface area contributed by atoms with E-state index in [2.05, 4.69) is 9.97 Å². The number of nitrogens with zero attached hydrogens (tertiary/aromatic N) is 3. The van der Waals surface area contributed by atoms with E-state index >= 15 is 0 Å². The molecule has 3 aromatic rings. The zero-order chi connectivity index (χ0) is 11.8. The molecule has 84 valence electrons. The molecule has 0 saturated heterocycles. The highest BCUT2D eigenvalue weighted by molar-refractivity contribution is 5.94. The number of fused-ring (bicyclic) bond motifs is 1. The van der Waals surface area contributed by atoms with Gasteiger partial charge in [0.15, 0.2) is 17.3 Å². The van der Waals surface area contributed by atoms with Gasteiger partial charge in [0, 0.05) is 6.20 Å². The minimum atomic E-state index is -1.08. The van der Waals surface area contributed by atoms with Gasteiger partial charge in [0.2, 0.25) is 0 Å². The van der Waals surface area contributed by atoms with Crippen molar-refractivity contribution < 1.29 is 14.3 Å². The van der Waals surface area contributed by atoms with Gasteiger partial charge in [-0.25, -0.2) is 14.8 Å². The molecule has 0 radical (unpaired) electrons. The number of furan rings is 1. The average Bonchev–Trinajstić information content (AvgIpc) is 2.95. The predicted octanol–water partition coefficient (Wildman–Crippen LogP) is 1.69. The summed E-state index contributed by atoms with van der Waals surface area (Å²) < 4.78 is 6.80. The Labute approximate surface area is 95.2 Å². The number of aromatic nitrogens is 3. The first-order valence-corrected chi connectivity index (χ1v) is 4.86. The Hall–Kier alpha value is -2.63. The Morgan fingerprint density at radius 1 is 1.41 bits per heavy atom. The molecule has 0 spiro atoms. The minimum absolute atomic E-state index is 0.0150. The van der Waals surface area contributed by atoms with Crippen molar-refractivity contribution in [1.82, 2.24) is 14.4 Å². The molecule has 0 amide bonds. The molecular formula is C11H7N3O3. The Bertz CT molecular complexity index is 685. The van der Waals surface area contributed by atoms with Crippen molar-refractivity contribution in [1.29, 1.82) is 0 Å². The maximum atomic E-state index is 11.1. The molecule has 0 aliphatic rings. The number of carboxylic acid groups (broad SMARTS) is 1. The molecule has 3 aromatic heterocycles. The van der Waals surface area contributed by atoms with Crippen LogP contribution in [-0.2, 0) is 0 Å².